The lowest BCUT2D eigenvalue weighted by molar-refractivity contribution is -0.150. The van der Waals surface area contributed by atoms with E-state index in [1.807, 2.05) is 72.5 Å². The van der Waals surface area contributed by atoms with E-state index in [0.717, 1.165) is 23.8 Å². The number of carbonyl (C=O) groups excluding carboxylic acids is 2. The third-order valence-electron chi connectivity index (χ3n) is 6.48. The van der Waals surface area contributed by atoms with Crippen LogP contribution < -0.4 is 0 Å². The fraction of sp³-hybridized carbons (Fsp3) is 0.333. The molecule has 4 heteroatoms. The Hall–Kier alpha value is -2.88. The van der Waals surface area contributed by atoms with Gasteiger partial charge in [0, 0.05) is 24.6 Å². The normalized spacial score (nSPS) is 29.0. The number of hydrogen-bond acceptors (Lipinski definition) is 3. The zero-order valence-corrected chi connectivity index (χ0v) is 16.0. The molecule has 0 bridgehead atoms. The zero-order chi connectivity index (χ0) is 19.7. The molecule has 2 aliphatic rings. The summed E-state index contributed by atoms with van der Waals surface area (Å²) >= 11 is 0. The van der Waals surface area contributed by atoms with Crippen LogP contribution in [0.5, 0.6) is 0 Å². The fourth-order valence-electron chi connectivity index (χ4n) is 5.07. The van der Waals surface area contributed by atoms with E-state index in [2.05, 4.69) is 0 Å². The predicted octanol–water partition coefficient (Wildman–Crippen LogP) is 4.02. The minimum atomic E-state index is -0.809. The number of rotatable bonds is 3. The summed E-state index contributed by atoms with van der Waals surface area (Å²) < 4.78 is 0. The molecule has 4 nitrogen and oxygen atoms in total. The molecule has 1 saturated carbocycles. The Bertz CT molecular complexity index is 906. The fourth-order valence-corrected chi connectivity index (χ4v) is 5.07. The maximum Gasteiger partial charge on any atom is 0.234 e. The van der Waals surface area contributed by atoms with Gasteiger partial charge in [0.2, 0.25) is 5.91 Å². The smallest absolute Gasteiger partial charge is 0.234 e. The number of Topliss-reactive ketones (excluding diaryl/α,β-unsaturated/α-hetero) is 1. The predicted molar refractivity (Wildman–Crippen MR) is 108 cm³/mol. The maximum atomic E-state index is 13.9. The summed E-state index contributed by atoms with van der Waals surface area (Å²) in [6, 6.07) is 19.8. The van der Waals surface area contributed by atoms with Crippen molar-refractivity contribution >= 4 is 11.7 Å². The minimum Gasteiger partial charge on any atom is -0.515 e. The third-order valence-corrected chi connectivity index (χ3v) is 6.48. The number of fused-ring (bicyclic) bond motifs is 1. The average Bonchev–Trinajstić information content (AvgIpc) is 2.74. The molecule has 144 valence electrons. The van der Waals surface area contributed by atoms with Crippen LogP contribution in [0.3, 0.4) is 0 Å². The van der Waals surface area contributed by atoms with E-state index in [1.54, 1.807) is 0 Å². The first-order chi connectivity index (χ1) is 13.6. The van der Waals surface area contributed by atoms with Crippen molar-refractivity contribution in [3.05, 3.63) is 83.6 Å². The summed E-state index contributed by atoms with van der Waals surface area (Å²) in [7, 11) is 0. The molecule has 0 radical (unpaired) electrons. The number of likely N-dealkylation sites (tertiary alicyclic amines) is 1. The highest BCUT2D eigenvalue weighted by Crippen LogP contribution is 2.52. The van der Waals surface area contributed by atoms with Crippen LogP contribution in [0.15, 0.2) is 72.5 Å². The molecule has 1 heterocycles. The molecule has 1 amide bonds. The highest BCUT2D eigenvalue weighted by molar-refractivity contribution is 6.02. The quantitative estimate of drug-likeness (QED) is 0.651. The Kier molecular flexibility index (Phi) is 4.80. The van der Waals surface area contributed by atoms with Gasteiger partial charge in [-0.15, -0.1) is 0 Å². The number of aliphatic hydroxyl groups excluding tert-OH is 1. The van der Waals surface area contributed by atoms with E-state index in [9.17, 15) is 14.7 Å². The molecular formula is C24H25NO3. The van der Waals surface area contributed by atoms with Gasteiger partial charge >= 0.3 is 0 Å². The van der Waals surface area contributed by atoms with Crippen LogP contribution in [0, 0.1) is 11.8 Å². The van der Waals surface area contributed by atoms with Crippen molar-refractivity contribution in [3.8, 4) is 0 Å². The van der Waals surface area contributed by atoms with E-state index in [4.69, 9.17) is 0 Å². The number of piperidine rings is 1. The summed E-state index contributed by atoms with van der Waals surface area (Å²) in [5.41, 5.74) is 1.57. The lowest BCUT2D eigenvalue weighted by atomic mass is 9.54. The van der Waals surface area contributed by atoms with Gasteiger partial charge in [-0.1, -0.05) is 67.6 Å². The first kappa shape index (κ1) is 18.5. The van der Waals surface area contributed by atoms with Crippen LogP contribution in [0.2, 0.25) is 0 Å². The van der Waals surface area contributed by atoms with Crippen molar-refractivity contribution < 1.29 is 14.7 Å². The van der Waals surface area contributed by atoms with E-state index in [-0.39, 0.29) is 29.9 Å². The Morgan fingerprint density at radius 1 is 1.07 bits per heavy atom. The van der Waals surface area contributed by atoms with Crippen molar-refractivity contribution in [2.24, 2.45) is 11.8 Å². The summed E-state index contributed by atoms with van der Waals surface area (Å²) in [5, 5.41) is 9.71. The van der Waals surface area contributed by atoms with E-state index in [0.29, 0.717) is 18.7 Å². The molecular weight excluding hydrogens is 350 g/mol. The van der Waals surface area contributed by atoms with Crippen molar-refractivity contribution in [3.63, 3.8) is 0 Å². The number of ketones is 1. The number of nitrogens with zero attached hydrogens (tertiary/aromatic N) is 1. The SMILES string of the molecule is C[C@@H]1C(=O)/C(=C\O)CC2(c3ccccc3)C(=O)N(Cc3ccccc3)CC[C@@H]12. The molecule has 0 aromatic heterocycles. The monoisotopic (exact) mass is 375 g/mol. The van der Waals surface area contributed by atoms with Crippen LogP contribution >= 0.6 is 0 Å². The highest BCUT2D eigenvalue weighted by atomic mass is 16.2. The largest absolute Gasteiger partial charge is 0.515 e. The second-order valence-electron chi connectivity index (χ2n) is 7.93. The zero-order valence-electron chi connectivity index (χ0n) is 16.0. The lowest BCUT2D eigenvalue weighted by Gasteiger charge is -2.52. The molecule has 28 heavy (non-hydrogen) atoms. The Labute approximate surface area is 165 Å². The van der Waals surface area contributed by atoms with E-state index in [1.165, 1.54) is 0 Å². The van der Waals surface area contributed by atoms with Gasteiger partial charge in [0.25, 0.3) is 0 Å². The molecule has 0 spiro atoms. The standard InChI is InChI=1S/C24H25NO3/c1-17-21-12-13-25(15-18-8-4-2-5-9-18)23(28)24(21,14-19(16-26)22(17)27)20-10-6-3-7-11-20/h2-11,16-17,21,26H,12-15H2,1H3/b19-16-/t17-,21-,24?/m0/s1. The number of benzene rings is 2. The summed E-state index contributed by atoms with van der Waals surface area (Å²) in [6.45, 7) is 3.09. The molecule has 1 aliphatic carbocycles. The molecule has 3 atom stereocenters. The highest BCUT2D eigenvalue weighted by Gasteiger charge is 2.58. The summed E-state index contributed by atoms with van der Waals surface area (Å²) in [6.07, 6.45) is 1.94. The van der Waals surface area contributed by atoms with Crippen LogP contribution in [0.1, 0.15) is 30.9 Å². The van der Waals surface area contributed by atoms with Crippen molar-refractivity contribution in [2.45, 2.75) is 31.7 Å². The minimum absolute atomic E-state index is 0.0386. The van der Waals surface area contributed by atoms with Gasteiger partial charge in [0.1, 0.15) is 0 Å². The molecule has 4 rings (SSSR count). The molecule has 2 aromatic rings. The lowest BCUT2D eigenvalue weighted by Crippen LogP contribution is -2.60. The van der Waals surface area contributed by atoms with Crippen molar-refractivity contribution in [1.29, 1.82) is 0 Å². The Morgan fingerprint density at radius 2 is 1.71 bits per heavy atom. The topological polar surface area (TPSA) is 57.6 Å². The van der Waals surface area contributed by atoms with Gasteiger partial charge in [-0.05, 0) is 29.9 Å². The maximum absolute atomic E-state index is 13.9. The summed E-state index contributed by atoms with van der Waals surface area (Å²) in [5.74, 6) is -0.346. The Balaban J connectivity index is 1.79. The summed E-state index contributed by atoms with van der Waals surface area (Å²) in [4.78, 5) is 28.5. The first-order valence-corrected chi connectivity index (χ1v) is 9.84. The third kappa shape index (κ3) is 2.84. The number of allylic oxidation sites excluding steroid dienone is 1. The molecule has 1 unspecified atom stereocenters. The molecule has 1 aliphatic heterocycles. The second-order valence-corrected chi connectivity index (χ2v) is 7.93. The number of amides is 1. The van der Waals surface area contributed by atoms with Crippen LogP contribution in [0.4, 0.5) is 0 Å². The van der Waals surface area contributed by atoms with Gasteiger partial charge < -0.3 is 10.0 Å². The van der Waals surface area contributed by atoms with Gasteiger partial charge in [0.15, 0.2) is 5.78 Å². The number of carbonyl (C=O) groups is 2. The number of aliphatic hydroxyl groups is 1. The van der Waals surface area contributed by atoms with E-state index >= 15 is 0 Å². The van der Waals surface area contributed by atoms with Crippen LogP contribution in [-0.2, 0) is 21.5 Å². The van der Waals surface area contributed by atoms with Crippen molar-refractivity contribution in [2.75, 3.05) is 6.54 Å². The molecule has 1 N–H and O–H groups in total. The van der Waals surface area contributed by atoms with Gasteiger partial charge in [-0.25, -0.2) is 0 Å². The average molecular weight is 375 g/mol. The molecule has 2 fully saturated rings. The second kappa shape index (κ2) is 7.27. The molecule has 1 saturated heterocycles. The van der Waals surface area contributed by atoms with Gasteiger partial charge in [0.05, 0.1) is 11.7 Å². The molecule has 2 aromatic carbocycles. The Morgan fingerprint density at radius 3 is 2.36 bits per heavy atom. The van der Waals surface area contributed by atoms with Gasteiger partial charge in [-0.2, -0.15) is 0 Å². The first-order valence-electron chi connectivity index (χ1n) is 9.84. The van der Waals surface area contributed by atoms with Crippen molar-refractivity contribution in [1.82, 2.24) is 4.90 Å². The van der Waals surface area contributed by atoms with Crippen LogP contribution in [0.25, 0.3) is 0 Å². The van der Waals surface area contributed by atoms with E-state index < -0.39 is 5.41 Å². The van der Waals surface area contributed by atoms with Gasteiger partial charge in [-0.3, -0.25) is 9.59 Å². The number of hydrogen-bond donors (Lipinski definition) is 1. The van der Waals surface area contributed by atoms with Crippen LogP contribution in [-0.4, -0.2) is 28.2 Å².